The number of rotatable bonds is 15. The van der Waals surface area contributed by atoms with Gasteiger partial charge in [0.05, 0.1) is 25.3 Å². The monoisotopic (exact) mass is 990 g/mol. The van der Waals surface area contributed by atoms with Crippen molar-refractivity contribution in [1.29, 1.82) is 0 Å². The van der Waals surface area contributed by atoms with E-state index in [1.807, 2.05) is 26.8 Å². The molecular weight excluding hydrogens is 928 g/mol. The van der Waals surface area contributed by atoms with Crippen LogP contribution in [-0.2, 0) is 54.7 Å². The topological polar surface area (TPSA) is 240 Å². The van der Waals surface area contributed by atoms with Gasteiger partial charge in [0.15, 0.2) is 11.0 Å². The van der Waals surface area contributed by atoms with E-state index in [0.717, 1.165) is 11.1 Å². The Morgan fingerprint density at radius 2 is 1.89 bits per heavy atom. The lowest BCUT2D eigenvalue weighted by atomic mass is 9.83. The Bertz CT molecular complexity index is 2120. The van der Waals surface area contributed by atoms with E-state index in [0.29, 0.717) is 24.3 Å². The minimum absolute atomic E-state index is 0.0350. The van der Waals surface area contributed by atoms with Crippen LogP contribution in [0.25, 0.3) is 0 Å². The average molecular weight is 992 g/mol. The van der Waals surface area contributed by atoms with Crippen molar-refractivity contribution in [3.05, 3.63) is 46.5 Å². The molecule has 0 aliphatic carbocycles. The van der Waals surface area contributed by atoms with Gasteiger partial charge in [-0.25, -0.2) is 9.59 Å². The van der Waals surface area contributed by atoms with E-state index < -0.39 is 91.7 Å². The van der Waals surface area contributed by atoms with Gasteiger partial charge in [0.25, 0.3) is 10.1 Å². The molecule has 1 aromatic carbocycles. The Morgan fingerprint density at radius 1 is 1.22 bits per heavy atom. The molecule has 0 saturated carbocycles. The molecule has 4 rings (SSSR count). The molecular formula is C43H63ClN4O14S3. The van der Waals surface area contributed by atoms with Crippen LogP contribution >= 0.6 is 33.2 Å². The molecule has 9 atom stereocenters. The molecule has 4 bridgehead atoms. The van der Waals surface area contributed by atoms with Gasteiger partial charge < -0.3 is 43.9 Å². The summed E-state index contributed by atoms with van der Waals surface area (Å²) in [7, 11) is 5.27. The van der Waals surface area contributed by atoms with Crippen molar-refractivity contribution >= 4 is 78.8 Å². The first-order valence-corrected chi connectivity index (χ1v) is 25.2. The maximum atomic E-state index is 14.3. The van der Waals surface area contributed by atoms with Gasteiger partial charge in [0, 0.05) is 57.5 Å². The first-order chi connectivity index (χ1) is 30.2. The number of amides is 4. The highest BCUT2D eigenvalue weighted by Gasteiger charge is 2.64. The van der Waals surface area contributed by atoms with Crippen LogP contribution in [0.3, 0.4) is 0 Å². The van der Waals surface area contributed by atoms with Gasteiger partial charge in [-0.05, 0) is 71.6 Å². The number of likely N-dealkylation sites (N-methyl/N-ethyl adjacent to an activating group) is 1. The van der Waals surface area contributed by atoms with Gasteiger partial charge in [-0.3, -0.25) is 24.3 Å². The highest BCUT2D eigenvalue weighted by molar-refractivity contribution is 8.77. The quantitative estimate of drug-likeness (QED) is 0.0604. The fraction of sp³-hybridized carbons (Fsp3) is 0.651. The molecule has 0 aromatic heterocycles. The standard InChI is InChI=1S/C43H63ClN4O14S3/c1-24-13-12-14-32(59-11)43(54)23-30(60-40(53)46-43)25(2)37-42(6,62-37)33(22-35(50)48(9)28-20-27(19-24)21-29(58-10)36(28)44)61-39(52)26(3)47(8)34(49)15-17-41(4,5)64-63-18-16-31(38(51)45-7)65(55,56)57/h12-14,20-21,25-26,30-33,37,54H,15-19,22-23H2,1-11H3,(H,45,51)(H,46,53)(H,55,56,57)/b14-12+,24-13+. The van der Waals surface area contributed by atoms with Gasteiger partial charge in [-0.1, -0.05) is 63.9 Å². The minimum atomic E-state index is -4.59. The summed E-state index contributed by atoms with van der Waals surface area (Å²) in [6.07, 6.45) is 0.722. The van der Waals surface area contributed by atoms with E-state index in [1.54, 1.807) is 45.2 Å². The average Bonchev–Trinajstić information content (AvgIpc) is 3.93. The van der Waals surface area contributed by atoms with Crippen molar-refractivity contribution in [1.82, 2.24) is 15.5 Å². The van der Waals surface area contributed by atoms with Gasteiger partial charge in [0.2, 0.25) is 17.7 Å². The van der Waals surface area contributed by atoms with Crippen molar-refractivity contribution in [3.8, 4) is 5.75 Å². The molecule has 3 aliphatic heterocycles. The zero-order valence-electron chi connectivity index (χ0n) is 38.7. The summed E-state index contributed by atoms with van der Waals surface area (Å²) in [6.45, 7) is 10.7. The second-order valence-corrected chi connectivity index (χ2v) is 22.6. The molecule has 65 heavy (non-hydrogen) atoms. The number of benzene rings is 1. The number of methoxy groups -OCH3 is 2. The second kappa shape index (κ2) is 22.0. The molecule has 9 unspecified atom stereocenters. The predicted octanol–water partition coefficient (Wildman–Crippen LogP) is 4.85. The number of epoxide rings is 1. The number of allylic oxidation sites excluding steroid dienone is 3. The Kier molecular flexibility index (Phi) is 18.3. The summed E-state index contributed by atoms with van der Waals surface area (Å²) in [4.78, 5) is 69.4. The molecule has 1 aromatic rings. The lowest BCUT2D eigenvalue weighted by Crippen LogP contribution is -2.63. The largest absolute Gasteiger partial charge is 0.495 e. The lowest BCUT2D eigenvalue weighted by Gasteiger charge is -2.42. The number of ether oxygens (including phenoxy) is 5. The summed E-state index contributed by atoms with van der Waals surface area (Å²) in [6, 6.07) is 2.43. The number of alkyl carbamates (subject to hydrolysis) is 1. The third kappa shape index (κ3) is 13.5. The molecule has 0 radical (unpaired) electrons. The number of anilines is 1. The maximum Gasteiger partial charge on any atom is 0.409 e. The fourth-order valence-electron chi connectivity index (χ4n) is 7.78. The van der Waals surface area contributed by atoms with E-state index in [-0.39, 0.29) is 42.4 Å². The highest BCUT2D eigenvalue weighted by atomic mass is 35.5. The summed E-state index contributed by atoms with van der Waals surface area (Å²) >= 11 is 6.79. The van der Waals surface area contributed by atoms with E-state index in [4.69, 9.17) is 35.3 Å². The van der Waals surface area contributed by atoms with Crippen LogP contribution in [-0.4, -0.2) is 146 Å². The van der Waals surface area contributed by atoms with Crippen molar-refractivity contribution in [2.75, 3.05) is 46.0 Å². The predicted molar refractivity (Wildman–Crippen MR) is 248 cm³/mol. The number of carbonyl (C=O) groups is 5. The molecule has 0 spiro atoms. The third-order valence-corrected chi connectivity index (χ3v) is 17.0. The highest BCUT2D eigenvalue weighted by Crippen LogP contribution is 2.49. The van der Waals surface area contributed by atoms with Gasteiger partial charge in [-0.15, -0.1) is 0 Å². The van der Waals surface area contributed by atoms with Crippen molar-refractivity contribution in [2.24, 2.45) is 5.92 Å². The lowest BCUT2D eigenvalue weighted by molar-refractivity contribution is -0.162. The van der Waals surface area contributed by atoms with E-state index in [2.05, 4.69) is 10.6 Å². The number of aliphatic hydroxyl groups is 1. The maximum absolute atomic E-state index is 14.3. The van der Waals surface area contributed by atoms with Crippen LogP contribution in [0.2, 0.25) is 5.02 Å². The third-order valence-electron chi connectivity index (χ3n) is 12.1. The number of nitrogens with one attached hydrogen (secondary N) is 2. The fourth-order valence-corrected chi connectivity index (χ4v) is 11.7. The van der Waals surface area contributed by atoms with Crippen LogP contribution < -0.4 is 20.3 Å². The molecule has 18 nitrogen and oxygen atoms in total. The van der Waals surface area contributed by atoms with Crippen LogP contribution in [0, 0.1) is 5.92 Å². The molecule has 2 fully saturated rings. The molecule has 3 aliphatic rings. The Labute approximate surface area is 394 Å². The molecule has 4 amide bonds. The molecule has 364 valence electrons. The minimum Gasteiger partial charge on any atom is -0.495 e. The van der Waals surface area contributed by atoms with E-state index in [9.17, 15) is 42.0 Å². The summed E-state index contributed by atoms with van der Waals surface area (Å²) in [5, 5.41) is 15.1. The molecule has 4 N–H and O–H groups in total. The number of hydrogen-bond acceptors (Lipinski definition) is 15. The first kappa shape index (κ1) is 54.0. The van der Waals surface area contributed by atoms with Crippen LogP contribution in [0.5, 0.6) is 5.75 Å². The zero-order chi connectivity index (χ0) is 48.8. The molecule has 2 saturated heterocycles. The van der Waals surface area contributed by atoms with E-state index in [1.165, 1.54) is 66.6 Å². The number of halogens is 1. The number of esters is 1. The Morgan fingerprint density at radius 3 is 2.51 bits per heavy atom. The zero-order valence-corrected chi connectivity index (χ0v) is 41.9. The smallest absolute Gasteiger partial charge is 0.409 e. The van der Waals surface area contributed by atoms with E-state index >= 15 is 0 Å². The van der Waals surface area contributed by atoms with Gasteiger partial charge in [-0.2, -0.15) is 8.42 Å². The Hall–Kier alpha value is -3.57. The molecule has 22 heteroatoms. The van der Waals surface area contributed by atoms with Gasteiger partial charge >= 0.3 is 12.1 Å². The van der Waals surface area contributed by atoms with Crippen molar-refractivity contribution in [3.63, 3.8) is 0 Å². The summed E-state index contributed by atoms with van der Waals surface area (Å²) in [5.74, 6) is -2.49. The number of fused-ring (bicyclic) bond motifs is 5. The number of hydrogen-bond donors (Lipinski definition) is 4. The van der Waals surface area contributed by atoms with Crippen molar-refractivity contribution in [2.45, 2.75) is 132 Å². The number of carbonyl (C=O) groups excluding carboxylic acids is 5. The molecule has 3 heterocycles. The summed E-state index contributed by atoms with van der Waals surface area (Å²) in [5.41, 5.74) is -1.15. The SMILES string of the molecule is CNC(=O)C(CCSSC(C)(C)CCC(=O)N(C)C(C)C(=O)OC1CC(=O)N(C)c2cc(cc(OC)c2Cl)C/C(C)=C/C=C/C(OC)C2(O)CC(OC(=O)N2)C(C)C2OC12C)S(=O)(=O)O. The summed E-state index contributed by atoms with van der Waals surface area (Å²) < 4.78 is 61.7. The second-order valence-electron chi connectivity index (χ2n) is 17.5. The Balaban J connectivity index is 1.57. The van der Waals surface area contributed by atoms with Crippen LogP contribution in [0.15, 0.2) is 35.9 Å². The van der Waals surface area contributed by atoms with Crippen LogP contribution in [0.1, 0.15) is 79.2 Å². The normalized spacial score (nSPS) is 28.6. The number of nitrogens with zero attached hydrogens (tertiary/aromatic N) is 2. The van der Waals surface area contributed by atoms with Crippen molar-refractivity contribution < 1.29 is 65.7 Å². The first-order valence-electron chi connectivity index (χ1n) is 21.0. The van der Waals surface area contributed by atoms with Crippen LogP contribution in [0.4, 0.5) is 10.5 Å². The van der Waals surface area contributed by atoms with Gasteiger partial charge in [0.1, 0.15) is 40.7 Å².